The van der Waals surface area contributed by atoms with E-state index in [2.05, 4.69) is 24.3 Å². The van der Waals surface area contributed by atoms with Crippen molar-refractivity contribution in [2.45, 2.75) is 6.04 Å². The number of quaternary nitrogens is 1. The number of carbonyl (C=O) groups is 1. The van der Waals surface area contributed by atoms with Crippen molar-refractivity contribution in [2.75, 3.05) is 26.2 Å². The summed E-state index contributed by atoms with van der Waals surface area (Å²) >= 11 is 0. The van der Waals surface area contributed by atoms with E-state index >= 15 is 0 Å². The molecule has 0 spiro atoms. The molecule has 0 aromatic heterocycles. The Morgan fingerprint density at radius 1 is 0.759 bits per heavy atom. The molecular weight excluding hydrogens is 370 g/mol. The van der Waals surface area contributed by atoms with Gasteiger partial charge in [0.1, 0.15) is 23.2 Å². The van der Waals surface area contributed by atoms with Gasteiger partial charge in [-0.15, -0.1) is 0 Å². The lowest BCUT2D eigenvalue weighted by Crippen LogP contribution is -3.15. The first-order valence-electron chi connectivity index (χ1n) is 9.83. The number of nitrogens with zero attached hydrogens (tertiary/aromatic N) is 1. The smallest absolute Gasteiger partial charge is 0.260 e. The molecule has 3 nitrogen and oxygen atoms in total. The maximum atomic E-state index is 14.0. The lowest BCUT2D eigenvalue weighted by molar-refractivity contribution is -0.929. The quantitative estimate of drug-likeness (QED) is 0.724. The zero-order valence-corrected chi connectivity index (χ0v) is 16.0. The summed E-state index contributed by atoms with van der Waals surface area (Å²) in [5, 5.41) is 0. The molecular formula is C24H23F2N2O+. The van der Waals surface area contributed by atoms with Crippen LogP contribution in [-0.4, -0.2) is 37.0 Å². The van der Waals surface area contributed by atoms with E-state index in [-0.39, 0.29) is 6.04 Å². The Morgan fingerprint density at radius 2 is 1.24 bits per heavy atom. The van der Waals surface area contributed by atoms with Crippen LogP contribution in [0, 0.1) is 11.6 Å². The minimum atomic E-state index is -0.809. The van der Waals surface area contributed by atoms with E-state index < -0.39 is 23.1 Å². The Labute approximate surface area is 169 Å². The summed E-state index contributed by atoms with van der Waals surface area (Å²) in [5.41, 5.74) is 1.97. The lowest BCUT2D eigenvalue weighted by atomic mass is 9.96. The monoisotopic (exact) mass is 393 g/mol. The molecule has 1 amide bonds. The number of nitrogens with one attached hydrogen (secondary N) is 1. The van der Waals surface area contributed by atoms with E-state index in [1.165, 1.54) is 22.1 Å². The molecule has 0 bridgehead atoms. The van der Waals surface area contributed by atoms with Gasteiger partial charge in [0.2, 0.25) is 0 Å². The Bertz CT molecular complexity index is 911. The Morgan fingerprint density at radius 3 is 1.72 bits per heavy atom. The van der Waals surface area contributed by atoms with E-state index in [0.29, 0.717) is 26.2 Å². The van der Waals surface area contributed by atoms with E-state index in [1.807, 2.05) is 36.4 Å². The average molecular weight is 393 g/mol. The van der Waals surface area contributed by atoms with Gasteiger partial charge in [-0.3, -0.25) is 4.79 Å². The molecule has 1 aliphatic rings. The van der Waals surface area contributed by atoms with Gasteiger partial charge in [-0.25, -0.2) is 8.78 Å². The van der Waals surface area contributed by atoms with Crippen LogP contribution in [0.15, 0.2) is 78.9 Å². The van der Waals surface area contributed by atoms with Gasteiger partial charge in [0.25, 0.3) is 5.91 Å². The highest BCUT2D eigenvalue weighted by atomic mass is 19.1. The van der Waals surface area contributed by atoms with Crippen LogP contribution < -0.4 is 4.90 Å². The molecule has 0 atom stereocenters. The highest BCUT2D eigenvalue weighted by Gasteiger charge is 2.33. The fraction of sp³-hybridized carbons (Fsp3) is 0.208. The number of carbonyl (C=O) groups excluding carboxylic acids is 1. The van der Waals surface area contributed by atoms with Crippen LogP contribution >= 0.6 is 0 Å². The first-order valence-corrected chi connectivity index (χ1v) is 9.83. The third-order valence-corrected chi connectivity index (χ3v) is 5.54. The van der Waals surface area contributed by atoms with Gasteiger partial charge < -0.3 is 9.80 Å². The van der Waals surface area contributed by atoms with Crippen LogP contribution in [0.2, 0.25) is 0 Å². The molecule has 1 heterocycles. The van der Waals surface area contributed by atoms with Crippen LogP contribution in [0.4, 0.5) is 8.78 Å². The molecule has 3 aromatic carbocycles. The third-order valence-electron chi connectivity index (χ3n) is 5.54. The third kappa shape index (κ3) is 4.05. The molecule has 3 aromatic rings. The largest absolute Gasteiger partial charge is 0.327 e. The van der Waals surface area contributed by atoms with Crippen LogP contribution in [0.25, 0.3) is 0 Å². The SMILES string of the molecule is O=C(c1c(F)cccc1F)N1CC[NH+](C(c2ccccc2)c2ccccc2)CC1. The van der Waals surface area contributed by atoms with Gasteiger partial charge >= 0.3 is 0 Å². The Kier molecular flexibility index (Phi) is 5.67. The van der Waals surface area contributed by atoms with E-state index in [9.17, 15) is 13.6 Å². The summed E-state index contributed by atoms with van der Waals surface area (Å²) in [4.78, 5) is 15.6. The van der Waals surface area contributed by atoms with E-state index in [0.717, 1.165) is 12.1 Å². The highest BCUT2D eigenvalue weighted by molar-refractivity contribution is 5.94. The summed E-state index contributed by atoms with van der Waals surface area (Å²) in [6.45, 7) is 2.32. The molecule has 0 unspecified atom stereocenters. The fourth-order valence-electron chi connectivity index (χ4n) is 4.10. The Hall–Kier alpha value is -3.05. The van der Waals surface area contributed by atoms with Crippen LogP contribution in [0.5, 0.6) is 0 Å². The normalized spacial score (nSPS) is 14.9. The minimum absolute atomic E-state index is 0.153. The second-order valence-electron chi connectivity index (χ2n) is 7.30. The standard InChI is InChI=1S/C24H22F2N2O/c25-20-12-7-13-21(26)22(20)24(29)28-16-14-27(15-17-28)23(18-8-3-1-4-9-18)19-10-5-2-6-11-19/h1-13,23H,14-17H2/p+1. The molecule has 5 heteroatoms. The minimum Gasteiger partial charge on any atom is -0.327 e. The van der Waals surface area contributed by atoms with Crippen molar-refractivity contribution >= 4 is 5.91 Å². The number of halogens is 2. The Balaban J connectivity index is 1.53. The highest BCUT2D eigenvalue weighted by Crippen LogP contribution is 2.20. The molecule has 0 aliphatic carbocycles. The average Bonchev–Trinajstić information content (AvgIpc) is 2.76. The first-order chi connectivity index (χ1) is 14.1. The maximum absolute atomic E-state index is 14.0. The van der Waals surface area contributed by atoms with Crippen LogP contribution in [0.3, 0.4) is 0 Å². The molecule has 4 rings (SSSR count). The van der Waals surface area contributed by atoms with E-state index in [4.69, 9.17) is 0 Å². The van der Waals surface area contributed by atoms with Gasteiger partial charge in [0.05, 0.1) is 26.2 Å². The summed E-state index contributed by atoms with van der Waals surface area (Å²) in [6, 6.07) is 24.3. The molecule has 29 heavy (non-hydrogen) atoms. The number of benzene rings is 3. The van der Waals surface area contributed by atoms with Gasteiger partial charge in [0, 0.05) is 11.1 Å². The van der Waals surface area contributed by atoms with Crippen molar-refractivity contribution in [3.63, 3.8) is 0 Å². The van der Waals surface area contributed by atoms with Gasteiger partial charge in [0.15, 0.2) is 0 Å². The molecule has 1 fully saturated rings. The molecule has 0 saturated carbocycles. The number of rotatable bonds is 4. The number of amides is 1. The van der Waals surface area contributed by atoms with Crippen molar-refractivity contribution in [3.05, 3.63) is 107 Å². The van der Waals surface area contributed by atoms with Gasteiger partial charge in [-0.1, -0.05) is 66.7 Å². The zero-order valence-electron chi connectivity index (χ0n) is 16.0. The number of piperazine rings is 1. The lowest BCUT2D eigenvalue weighted by Gasteiger charge is -2.37. The van der Waals surface area contributed by atoms with Crippen molar-refractivity contribution in [2.24, 2.45) is 0 Å². The molecule has 148 valence electrons. The second kappa shape index (κ2) is 8.53. The topological polar surface area (TPSA) is 24.8 Å². The summed E-state index contributed by atoms with van der Waals surface area (Å²) in [7, 11) is 0. The van der Waals surface area contributed by atoms with Crippen molar-refractivity contribution in [1.82, 2.24) is 4.90 Å². The van der Waals surface area contributed by atoms with Crippen molar-refractivity contribution in [3.8, 4) is 0 Å². The maximum Gasteiger partial charge on any atom is 0.260 e. The number of hydrogen-bond donors (Lipinski definition) is 1. The molecule has 1 aliphatic heterocycles. The van der Waals surface area contributed by atoms with Crippen molar-refractivity contribution in [1.29, 1.82) is 0 Å². The van der Waals surface area contributed by atoms with Crippen LogP contribution in [-0.2, 0) is 0 Å². The summed E-state index contributed by atoms with van der Waals surface area (Å²) < 4.78 is 28.0. The first kappa shape index (κ1) is 19.3. The fourth-order valence-corrected chi connectivity index (χ4v) is 4.10. The predicted octanol–water partition coefficient (Wildman–Crippen LogP) is 3.10. The molecule has 1 N–H and O–H groups in total. The molecule has 0 radical (unpaired) electrons. The number of hydrogen-bond acceptors (Lipinski definition) is 1. The molecule has 1 saturated heterocycles. The summed E-state index contributed by atoms with van der Waals surface area (Å²) in [6.07, 6.45) is 0. The van der Waals surface area contributed by atoms with Gasteiger partial charge in [-0.05, 0) is 12.1 Å². The second-order valence-corrected chi connectivity index (χ2v) is 7.30. The zero-order chi connectivity index (χ0) is 20.2. The van der Waals surface area contributed by atoms with E-state index in [1.54, 1.807) is 4.90 Å². The van der Waals surface area contributed by atoms with Gasteiger partial charge in [-0.2, -0.15) is 0 Å². The predicted molar refractivity (Wildman–Crippen MR) is 108 cm³/mol. The summed E-state index contributed by atoms with van der Waals surface area (Å²) in [5.74, 6) is -2.19. The van der Waals surface area contributed by atoms with Crippen molar-refractivity contribution < 1.29 is 18.5 Å². The van der Waals surface area contributed by atoms with Crippen LogP contribution in [0.1, 0.15) is 27.5 Å².